The number of aromatic nitrogens is 1. The van der Waals surface area contributed by atoms with Crippen LogP contribution in [0.1, 0.15) is 54.6 Å². The number of para-hydroxylation sites is 2. The van der Waals surface area contributed by atoms with Gasteiger partial charge in [-0.25, -0.2) is 4.90 Å². The second-order valence-electron chi connectivity index (χ2n) is 8.82. The van der Waals surface area contributed by atoms with Crippen LogP contribution in [0.4, 0.5) is 11.4 Å². The van der Waals surface area contributed by atoms with Gasteiger partial charge in [-0.15, -0.1) is 0 Å². The molecule has 0 N–H and O–H groups in total. The molecule has 2 amide bonds. The Morgan fingerprint density at radius 2 is 1.88 bits per heavy atom. The fraction of sp³-hybridized carbons (Fsp3) is 0.417. The quantitative estimate of drug-likeness (QED) is 0.418. The Kier molecular flexibility index (Phi) is 4.77. The van der Waals surface area contributed by atoms with Crippen molar-refractivity contribution in [3.05, 3.63) is 63.0 Å². The summed E-state index contributed by atoms with van der Waals surface area (Å²) in [6, 6.07) is 10.2. The lowest BCUT2D eigenvalue weighted by Gasteiger charge is -2.36. The van der Waals surface area contributed by atoms with E-state index in [0.29, 0.717) is 12.1 Å². The Balaban J connectivity index is 1.60. The highest BCUT2D eigenvalue weighted by Crippen LogP contribution is 2.48. The summed E-state index contributed by atoms with van der Waals surface area (Å²) in [5.74, 6) is -1.99. The molecule has 162 valence electrons. The van der Waals surface area contributed by atoms with Crippen LogP contribution in [0.3, 0.4) is 0 Å². The monoisotopic (exact) mass is 430 g/mol. The standard InChI is InChI=1S/C24H22N4O4/c25-14-24(11-5-7-16-12-15-6-1-2-8-18(15)26-22(16)24)17-13-21(29)27(23(17)30)19-9-3-4-10-20(19)28(31)32/h3-4,9-10,12,17H,1-2,5-8,11,13H2/t17-,24-/m0/s1. The Hall–Kier alpha value is -3.60. The lowest BCUT2D eigenvalue weighted by molar-refractivity contribution is -0.384. The third-order valence-corrected chi connectivity index (χ3v) is 7.08. The minimum Gasteiger partial charge on any atom is -0.274 e. The maximum Gasteiger partial charge on any atom is 0.293 e. The number of carbonyl (C=O) groups is 2. The summed E-state index contributed by atoms with van der Waals surface area (Å²) in [4.78, 5) is 43.2. The fourth-order valence-electron chi connectivity index (χ4n) is 5.54. The Morgan fingerprint density at radius 3 is 2.66 bits per heavy atom. The van der Waals surface area contributed by atoms with Crippen molar-refractivity contribution in [2.24, 2.45) is 5.92 Å². The molecule has 1 fully saturated rings. The molecular weight excluding hydrogens is 408 g/mol. The van der Waals surface area contributed by atoms with Gasteiger partial charge in [0.2, 0.25) is 11.8 Å². The highest BCUT2D eigenvalue weighted by atomic mass is 16.6. The molecule has 1 saturated heterocycles. The maximum atomic E-state index is 13.6. The average Bonchev–Trinajstić information content (AvgIpc) is 3.11. The molecule has 2 aliphatic carbocycles. The van der Waals surface area contributed by atoms with Gasteiger partial charge in [0, 0.05) is 18.2 Å². The van der Waals surface area contributed by atoms with Gasteiger partial charge in [0.25, 0.3) is 5.69 Å². The predicted molar refractivity (Wildman–Crippen MR) is 115 cm³/mol. The van der Waals surface area contributed by atoms with E-state index in [4.69, 9.17) is 4.98 Å². The largest absolute Gasteiger partial charge is 0.293 e. The van der Waals surface area contributed by atoms with Gasteiger partial charge in [-0.1, -0.05) is 18.2 Å². The second kappa shape index (κ2) is 7.52. The zero-order chi connectivity index (χ0) is 22.5. The molecule has 0 bridgehead atoms. The number of imide groups is 1. The number of nitriles is 1. The van der Waals surface area contributed by atoms with E-state index in [1.165, 1.54) is 23.8 Å². The molecule has 8 heteroatoms. The third kappa shape index (κ3) is 2.92. The van der Waals surface area contributed by atoms with E-state index in [-0.39, 0.29) is 17.8 Å². The van der Waals surface area contributed by atoms with Crippen molar-refractivity contribution < 1.29 is 14.5 Å². The Labute approximate surface area is 185 Å². The van der Waals surface area contributed by atoms with Gasteiger partial charge in [0.05, 0.1) is 22.6 Å². The first-order valence-corrected chi connectivity index (χ1v) is 11.0. The SMILES string of the molecule is N#C[C@]1([C@H]2CC(=O)N(c3ccccc3[N+](=O)[O-])C2=O)CCCc2cc3c(nc21)CCCC3. The molecule has 5 rings (SSSR count). The molecular formula is C24H22N4O4. The minimum absolute atomic E-state index is 0.0440. The van der Waals surface area contributed by atoms with Crippen LogP contribution in [-0.4, -0.2) is 21.7 Å². The molecule has 2 aromatic rings. The minimum atomic E-state index is -1.20. The van der Waals surface area contributed by atoms with E-state index in [2.05, 4.69) is 12.1 Å². The van der Waals surface area contributed by atoms with Gasteiger partial charge in [0.15, 0.2) is 0 Å². The number of pyridine rings is 1. The first kappa shape index (κ1) is 20.3. The molecule has 2 atom stereocenters. The van der Waals surface area contributed by atoms with E-state index >= 15 is 0 Å². The summed E-state index contributed by atoms with van der Waals surface area (Å²) in [7, 11) is 0. The number of anilines is 1. The zero-order valence-corrected chi connectivity index (χ0v) is 17.5. The van der Waals surface area contributed by atoms with Crippen LogP contribution >= 0.6 is 0 Å². The van der Waals surface area contributed by atoms with Gasteiger partial charge < -0.3 is 0 Å². The van der Waals surface area contributed by atoms with E-state index in [0.717, 1.165) is 54.7 Å². The van der Waals surface area contributed by atoms with E-state index in [1.54, 1.807) is 6.07 Å². The van der Waals surface area contributed by atoms with Crippen LogP contribution in [-0.2, 0) is 34.3 Å². The summed E-state index contributed by atoms with van der Waals surface area (Å²) in [6.07, 6.45) is 5.80. The lowest BCUT2D eigenvalue weighted by Crippen LogP contribution is -2.43. The number of rotatable bonds is 3. The van der Waals surface area contributed by atoms with Crippen molar-refractivity contribution in [3.8, 4) is 6.07 Å². The molecule has 1 aromatic heterocycles. The molecule has 32 heavy (non-hydrogen) atoms. The summed E-state index contributed by atoms with van der Waals surface area (Å²) >= 11 is 0. The van der Waals surface area contributed by atoms with E-state index in [9.17, 15) is 25.0 Å². The van der Waals surface area contributed by atoms with Crippen molar-refractivity contribution in [2.75, 3.05) is 4.90 Å². The number of carbonyl (C=O) groups excluding carboxylic acids is 2. The van der Waals surface area contributed by atoms with Crippen LogP contribution in [0, 0.1) is 27.4 Å². The summed E-state index contributed by atoms with van der Waals surface area (Å²) in [6.45, 7) is 0. The molecule has 2 heterocycles. The van der Waals surface area contributed by atoms with E-state index in [1.807, 2.05) is 0 Å². The number of hydrogen-bond donors (Lipinski definition) is 0. The van der Waals surface area contributed by atoms with Gasteiger partial charge in [-0.05, 0) is 62.1 Å². The van der Waals surface area contributed by atoms with Crippen LogP contribution < -0.4 is 4.90 Å². The highest BCUT2D eigenvalue weighted by Gasteiger charge is 2.56. The molecule has 0 saturated carbocycles. The zero-order valence-electron chi connectivity index (χ0n) is 17.5. The number of fused-ring (bicyclic) bond motifs is 2. The average molecular weight is 430 g/mol. The Morgan fingerprint density at radius 1 is 1.12 bits per heavy atom. The molecule has 8 nitrogen and oxygen atoms in total. The summed E-state index contributed by atoms with van der Waals surface area (Å²) < 4.78 is 0. The number of benzene rings is 1. The van der Waals surface area contributed by atoms with Gasteiger partial charge >= 0.3 is 0 Å². The van der Waals surface area contributed by atoms with Crippen molar-refractivity contribution in [2.45, 2.75) is 56.8 Å². The smallest absolute Gasteiger partial charge is 0.274 e. The third-order valence-electron chi connectivity index (χ3n) is 7.08. The molecule has 0 radical (unpaired) electrons. The van der Waals surface area contributed by atoms with Crippen LogP contribution in [0.5, 0.6) is 0 Å². The van der Waals surface area contributed by atoms with Gasteiger partial charge in [-0.3, -0.25) is 24.7 Å². The number of amides is 2. The van der Waals surface area contributed by atoms with Gasteiger partial charge in [-0.2, -0.15) is 5.26 Å². The number of nitro groups is 1. The predicted octanol–water partition coefficient (Wildman–Crippen LogP) is 3.55. The lowest BCUT2D eigenvalue weighted by atomic mass is 9.65. The molecule has 1 aromatic carbocycles. The Bertz CT molecular complexity index is 1200. The molecule has 0 unspecified atom stereocenters. The topological polar surface area (TPSA) is 117 Å². The first-order valence-electron chi connectivity index (χ1n) is 11.0. The van der Waals surface area contributed by atoms with Crippen molar-refractivity contribution in [1.82, 2.24) is 4.98 Å². The molecule has 0 spiro atoms. The number of aryl methyl sites for hydroxylation is 3. The number of nitrogens with zero attached hydrogens (tertiary/aromatic N) is 4. The number of nitro benzene ring substituents is 1. The van der Waals surface area contributed by atoms with E-state index < -0.39 is 28.1 Å². The fourth-order valence-corrected chi connectivity index (χ4v) is 5.54. The van der Waals surface area contributed by atoms with Crippen LogP contribution in [0.2, 0.25) is 0 Å². The van der Waals surface area contributed by atoms with Crippen LogP contribution in [0.25, 0.3) is 0 Å². The summed E-state index contributed by atoms with van der Waals surface area (Å²) in [5.41, 5.74) is 2.27. The molecule has 1 aliphatic heterocycles. The first-order chi connectivity index (χ1) is 15.5. The highest BCUT2D eigenvalue weighted by molar-refractivity contribution is 6.22. The second-order valence-corrected chi connectivity index (χ2v) is 8.82. The van der Waals surface area contributed by atoms with Gasteiger partial charge in [0.1, 0.15) is 11.1 Å². The molecule has 3 aliphatic rings. The number of hydrogen-bond acceptors (Lipinski definition) is 6. The summed E-state index contributed by atoms with van der Waals surface area (Å²) in [5, 5.41) is 21.9. The van der Waals surface area contributed by atoms with Crippen molar-refractivity contribution >= 4 is 23.2 Å². The normalized spacial score (nSPS) is 24.6. The van der Waals surface area contributed by atoms with Crippen molar-refractivity contribution in [1.29, 1.82) is 5.26 Å². The van der Waals surface area contributed by atoms with Crippen molar-refractivity contribution in [3.63, 3.8) is 0 Å². The maximum absolute atomic E-state index is 13.6. The van der Waals surface area contributed by atoms with Crippen LogP contribution in [0.15, 0.2) is 30.3 Å².